The van der Waals surface area contributed by atoms with Gasteiger partial charge in [0.2, 0.25) is 0 Å². The van der Waals surface area contributed by atoms with Gasteiger partial charge in [-0.25, -0.2) is 4.79 Å². The summed E-state index contributed by atoms with van der Waals surface area (Å²) in [6, 6.07) is 8.28. The average Bonchev–Trinajstić information content (AvgIpc) is 2.66. The van der Waals surface area contributed by atoms with Gasteiger partial charge in [-0.15, -0.1) is 0 Å². The topological polar surface area (TPSA) is 49.8 Å². The fourth-order valence-electron chi connectivity index (χ4n) is 4.37. The van der Waals surface area contributed by atoms with Gasteiger partial charge in [0.1, 0.15) is 5.60 Å². The lowest BCUT2D eigenvalue weighted by Gasteiger charge is -2.37. The van der Waals surface area contributed by atoms with Gasteiger partial charge >= 0.3 is 6.09 Å². The summed E-state index contributed by atoms with van der Waals surface area (Å²) in [5.74, 6) is 0.360. The van der Waals surface area contributed by atoms with Crippen LogP contribution in [-0.4, -0.2) is 40.4 Å². The molecule has 1 saturated heterocycles. The first-order chi connectivity index (χ1) is 13.7. The Morgan fingerprint density at radius 2 is 1.72 bits per heavy atom. The maximum absolute atomic E-state index is 12.3. The minimum absolute atomic E-state index is 0.223. The summed E-state index contributed by atoms with van der Waals surface area (Å²) in [7, 11) is 0. The van der Waals surface area contributed by atoms with Crippen molar-refractivity contribution in [3.8, 4) is 0 Å². The maximum atomic E-state index is 12.3. The van der Waals surface area contributed by atoms with Crippen molar-refractivity contribution in [3.63, 3.8) is 0 Å². The molecule has 160 valence electrons. The second kappa shape index (κ2) is 9.22. The summed E-state index contributed by atoms with van der Waals surface area (Å²) in [6.45, 7) is 7.09. The van der Waals surface area contributed by atoms with E-state index in [-0.39, 0.29) is 6.09 Å². The number of aliphatic hydroxyl groups is 1. The number of benzene rings is 1. The van der Waals surface area contributed by atoms with Crippen molar-refractivity contribution >= 4 is 27.6 Å². The number of carbonyl (C=O) groups excluding carboxylic acids is 1. The average molecular weight is 464 g/mol. The van der Waals surface area contributed by atoms with Crippen LogP contribution in [0.4, 0.5) is 4.79 Å². The highest BCUT2D eigenvalue weighted by molar-refractivity contribution is 9.10. The van der Waals surface area contributed by atoms with Crippen LogP contribution in [0.5, 0.6) is 0 Å². The summed E-state index contributed by atoms with van der Waals surface area (Å²) >= 11 is 3.51. The number of likely N-dealkylation sites (tertiary alicyclic amines) is 1. The fraction of sp³-hybridized carbons (Fsp3) is 0.625. The molecule has 2 aliphatic rings. The maximum Gasteiger partial charge on any atom is 0.410 e. The molecule has 0 unspecified atom stereocenters. The monoisotopic (exact) mass is 463 g/mol. The smallest absolute Gasteiger partial charge is 0.410 e. The second-order valence-electron chi connectivity index (χ2n) is 9.48. The Hall–Kier alpha value is -1.33. The van der Waals surface area contributed by atoms with Crippen LogP contribution >= 0.6 is 15.9 Å². The Bertz CT molecular complexity index is 721. The molecule has 1 aromatic rings. The van der Waals surface area contributed by atoms with Crippen LogP contribution in [-0.2, 0) is 4.74 Å². The molecule has 1 N–H and O–H groups in total. The molecule has 0 aromatic heterocycles. The molecule has 1 heterocycles. The molecule has 1 amide bonds. The number of ether oxygens (including phenoxy) is 1. The van der Waals surface area contributed by atoms with Crippen LogP contribution in [0.3, 0.4) is 0 Å². The molecule has 1 saturated carbocycles. The lowest BCUT2D eigenvalue weighted by atomic mass is 9.75. The summed E-state index contributed by atoms with van der Waals surface area (Å²) in [6.07, 6.45) is 8.86. The number of halogens is 1. The molecule has 1 aliphatic heterocycles. The molecule has 3 rings (SSSR count). The number of hydrogen-bond donors (Lipinski definition) is 1. The minimum Gasteiger partial charge on any atom is -0.444 e. The highest BCUT2D eigenvalue weighted by Gasteiger charge is 2.35. The molecule has 0 spiro atoms. The number of piperidine rings is 1. The quantitative estimate of drug-likeness (QED) is 0.582. The molecular weight excluding hydrogens is 430 g/mol. The third kappa shape index (κ3) is 6.08. The molecule has 2 fully saturated rings. The molecule has 0 atom stereocenters. The Morgan fingerprint density at radius 3 is 2.28 bits per heavy atom. The first-order valence-electron chi connectivity index (χ1n) is 10.8. The van der Waals surface area contributed by atoms with Crippen molar-refractivity contribution in [2.24, 2.45) is 5.92 Å². The lowest BCUT2D eigenvalue weighted by Crippen LogP contribution is -2.41. The van der Waals surface area contributed by atoms with Crippen LogP contribution in [0.1, 0.15) is 71.3 Å². The zero-order chi connectivity index (χ0) is 21.1. The van der Waals surface area contributed by atoms with Crippen molar-refractivity contribution in [2.75, 3.05) is 13.1 Å². The van der Waals surface area contributed by atoms with Crippen LogP contribution in [0.25, 0.3) is 5.57 Å². The van der Waals surface area contributed by atoms with Gasteiger partial charge in [-0.3, -0.25) is 0 Å². The van der Waals surface area contributed by atoms with Crippen molar-refractivity contribution < 1.29 is 14.6 Å². The number of nitrogens with zero attached hydrogens (tertiary/aromatic N) is 1. The van der Waals surface area contributed by atoms with E-state index in [4.69, 9.17) is 4.74 Å². The first kappa shape index (κ1) is 22.4. The van der Waals surface area contributed by atoms with E-state index in [1.54, 1.807) is 0 Å². The summed E-state index contributed by atoms with van der Waals surface area (Å²) < 4.78 is 6.56. The van der Waals surface area contributed by atoms with Crippen LogP contribution < -0.4 is 0 Å². The molecule has 29 heavy (non-hydrogen) atoms. The summed E-state index contributed by atoms with van der Waals surface area (Å²) in [5, 5.41) is 11.5. The predicted molar refractivity (Wildman–Crippen MR) is 121 cm³/mol. The van der Waals surface area contributed by atoms with Gasteiger partial charge in [0, 0.05) is 17.6 Å². The molecule has 4 nitrogen and oxygen atoms in total. The molecule has 0 bridgehead atoms. The summed E-state index contributed by atoms with van der Waals surface area (Å²) in [4.78, 5) is 14.1. The molecule has 1 aliphatic carbocycles. The summed E-state index contributed by atoms with van der Waals surface area (Å²) in [5.41, 5.74) is 0.967. The zero-order valence-electron chi connectivity index (χ0n) is 17.9. The number of amides is 1. The van der Waals surface area contributed by atoms with E-state index in [1.807, 2.05) is 37.8 Å². The highest BCUT2D eigenvalue weighted by atomic mass is 79.9. The van der Waals surface area contributed by atoms with E-state index in [1.165, 1.54) is 6.42 Å². The number of carbonyl (C=O) groups is 1. The SMILES string of the molecule is CC(C)(C)OC(=O)N1CCC(C=C(c2ccc(Br)cc2)C2(O)CCCCC2)CC1. The van der Waals surface area contributed by atoms with Crippen LogP contribution in [0, 0.1) is 5.92 Å². The largest absolute Gasteiger partial charge is 0.444 e. The van der Waals surface area contributed by atoms with E-state index in [2.05, 4.69) is 34.1 Å². The van der Waals surface area contributed by atoms with E-state index >= 15 is 0 Å². The van der Waals surface area contributed by atoms with Gasteiger partial charge in [0.05, 0.1) is 5.60 Å². The van der Waals surface area contributed by atoms with Gasteiger partial charge in [-0.05, 0) is 75.6 Å². The van der Waals surface area contributed by atoms with Gasteiger partial charge in [0.15, 0.2) is 0 Å². The van der Waals surface area contributed by atoms with Gasteiger partial charge in [-0.2, -0.15) is 0 Å². The van der Waals surface area contributed by atoms with Crippen molar-refractivity contribution in [1.29, 1.82) is 0 Å². The Kier molecular flexibility index (Phi) is 7.10. The lowest BCUT2D eigenvalue weighted by molar-refractivity contribution is 0.0195. The van der Waals surface area contributed by atoms with Gasteiger partial charge in [-0.1, -0.05) is 53.4 Å². The second-order valence-corrected chi connectivity index (χ2v) is 10.4. The van der Waals surface area contributed by atoms with Crippen LogP contribution in [0.15, 0.2) is 34.8 Å². The zero-order valence-corrected chi connectivity index (χ0v) is 19.5. The van der Waals surface area contributed by atoms with Crippen molar-refractivity contribution in [1.82, 2.24) is 4.90 Å². The standard InChI is InChI=1S/C24H34BrNO3/c1-23(2,3)29-22(27)26-15-11-18(12-16-26)17-21(19-7-9-20(25)10-8-19)24(28)13-5-4-6-14-24/h7-10,17-18,28H,4-6,11-16H2,1-3H3. The fourth-order valence-corrected chi connectivity index (χ4v) is 4.63. The Morgan fingerprint density at radius 1 is 1.14 bits per heavy atom. The Labute approximate surface area is 183 Å². The molecular formula is C24H34BrNO3. The van der Waals surface area contributed by atoms with Crippen molar-refractivity contribution in [3.05, 3.63) is 40.4 Å². The van der Waals surface area contributed by atoms with Crippen molar-refractivity contribution in [2.45, 2.75) is 76.9 Å². The third-order valence-electron chi connectivity index (χ3n) is 5.93. The number of rotatable bonds is 3. The minimum atomic E-state index is -0.742. The molecule has 1 aromatic carbocycles. The van der Waals surface area contributed by atoms with E-state index in [0.29, 0.717) is 19.0 Å². The van der Waals surface area contributed by atoms with E-state index in [0.717, 1.165) is 54.1 Å². The predicted octanol–water partition coefficient (Wildman–Crippen LogP) is 6.17. The molecule has 0 radical (unpaired) electrons. The molecule has 5 heteroatoms. The third-order valence-corrected chi connectivity index (χ3v) is 6.46. The van der Waals surface area contributed by atoms with Gasteiger partial charge < -0.3 is 14.7 Å². The van der Waals surface area contributed by atoms with E-state index < -0.39 is 11.2 Å². The van der Waals surface area contributed by atoms with Gasteiger partial charge in [0.25, 0.3) is 0 Å². The number of allylic oxidation sites excluding steroid dienone is 1. The highest BCUT2D eigenvalue weighted by Crippen LogP contribution is 2.41. The number of hydrogen-bond acceptors (Lipinski definition) is 3. The Balaban J connectivity index is 1.75. The van der Waals surface area contributed by atoms with E-state index in [9.17, 15) is 9.90 Å². The van der Waals surface area contributed by atoms with Crippen LogP contribution in [0.2, 0.25) is 0 Å². The first-order valence-corrected chi connectivity index (χ1v) is 11.6. The normalized spacial score (nSPS) is 21.1.